The highest BCUT2D eigenvalue weighted by Crippen LogP contribution is 2.24. The van der Waals surface area contributed by atoms with Gasteiger partial charge in [0.2, 0.25) is 11.8 Å². The Morgan fingerprint density at radius 2 is 1.66 bits per heavy atom. The largest absolute Gasteiger partial charge is 0.444 e. The molecule has 0 radical (unpaired) electrons. The van der Waals surface area contributed by atoms with Gasteiger partial charge in [-0.25, -0.2) is 4.79 Å². The average Bonchev–Trinajstić information content (AvgIpc) is 2.64. The molecule has 7 nitrogen and oxygen atoms in total. The SMILES string of the molecule is C#Cc1ccc(C(C(=O)NC(C)(C)C)N(CCC)C(=O)C(C)NC(=O)OC(C)(C)C)cc1. The number of nitrogens with zero attached hydrogens (tertiary/aromatic N) is 1. The lowest BCUT2D eigenvalue weighted by molar-refractivity contribution is -0.142. The first-order valence-corrected chi connectivity index (χ1v) is 10.9. The molecular formula is C25H37N3O4. The second kappa shape index (κ2) is 11.0. The van der Waals surface area contributed by atoms with Gasteiger partial charge in [-0.3, -0.25) is 9.59 Å². The third kappa shape index (κ3) is 8.62. The third-order valence-electron chi connectivity index (χ3n) is 4.30. The standard InChI is InChI=1S/C25H37N3O4/c1-10-16-28(22(30)17(3)26-23(31)32-25(7,8)9)20(21(29)27-24(4,5)6)19-14-12-18(11-2)13-15-19/h2,12-15,17,20H,10,16H2,1,3-9H3,(H,26,31)(H,27,29). The van der Waals surface area contributed by atoms with Crippen molar-refractivity contribution in [1.29, 1.82) is 0 Å². The number of carbonyl (C=O) groups is 3. The summed E-state index contributed by atoms with van der Waals surface area (Å²) in [6.07, 6.45) is 5.40. The molecule has 0 aliphatic heterocycles. The molecule has 0 aromatic heterocycles. The maximum absolute atomic E-state index is 13.4. The van der Waals surface area contributed by atoms with Crippen LogP contribution < -0.4 is 10.6 Å². The van der Waals surface area contributed by atoms with Gasteiger partial charge in [-0.2, -0.15) is 0 Å². The molecule has 7 heteroatoms. The zero-order valence-electron chi connectivity index (χ0n) is 20.5. The molecule has 0 saturated carbocycles. The second-order valence-corrected chi connectivity index (χ2v) is 9.81. The predicted molar refractivity (Wildman–Crippen MR) is 126 cm³/mol. The van der Waals surface area contributed by atoms with Gasteiger partial charge in [0.1, 0.15) is 17.7 Å². The predicted octanol–water partition coefficient (Wildman–Crippen LogP) is 3.78. The van der Waals surface area contributed by atoms with Crippen molar-refractivity contribution < 1.29 is 19.1 Å². The van der Waals surface area contributed by atoms with Crippen LogP contribution in [0.1, 0.15) is 79.0 Å². The summed E-state index contributed by atoms with van der Waals surface area (Å²) >= 11 is 0. The average molecular weight is 444 g/mol. The summed E-state index contributed by atoms with van der Waals surface area (Å²) in [6, 6.07) is 5.23. The first kappa shape index (κ1) is 27.0. The summed E-state index contributed by atoms with van der Waals surface area (Å²) in [6.45, 7) is 14.7. The fourth-order valence-corrected chi connectivity index (χ4v) is 3.07. The molecule has 2 unspecified atom stereocenters. The van der Waals surface area contributed by atoms with E-state index in [1.807, 2.05) is 27.7 Å². The van der Waals surface area contributed by atoms with Crippen molar-refractivity contribution >= 4 is 17.9 Å². The summed E-state index contributed by atoms with van der Waals surface area (Å²) in [5.74, 6) is 1.86. The lowest BCUT2D eigenvalue weighted by atomic mass is 9.99. The smallest absolute Gasteiger partial charge is 0.408 e. The van der Waals surface area contributed by atoms with Gasteiger partial charge in [0.25, 0.3) is 0 Å². The van der Waals surface area contributed by atoms with Gasteiger partial charge in [0.15, 0.2) is 0 Å². The van der Waals surface area contributed by atoms with Crippen LogP contribution in [0.2, 0.25) is 0 Å². The molecule has 1 rings (SSSR count). The Bertz CT molecular complexity index is 842. The monoisotopic (exact) mass is 443 g/mol. The van der Waals surface area contributed by atoms with Crippen molar-refractivity contribution in [3.05, 3.63) is 35.4 Å². The minimum Gasteiger partial charge on any atom is -0.444 e. The molecule has 2 N–H and O–H groups in total. The topological polar surface area (TPSA) is 87.7 Å². The van der Waals surface area contributed by atoms with Gasteiger partial charge >= 0.3 is 6.09 Å². The molecule has 0 fully saturated rings. The molecule has 0 aliphatic carbocycles. The third-order valence-corrected chi connectivity index (χ3v) is 4.30. The second-order valence-electron chi connectivity index (χ2n) is 9.81. The van der Waals surface area contributed by atoms with Gasteiger partial charge in [-0.05, 0) is 72.6 Å². The van der Waals surface area contributed by atoms with E-state index in [0.29, 0.717) is 24.1 Å². The first-order chi connectivity index (χ1) is 14.7. The molecule has 1 aromatic rings. The molecule has 0 bridgehead atoms. The number of ether oxygens (including phenoxy) is 1. The zero-order valence-corrected chi connectivity index (χ0v) is 20.5. The number of hydrogen-bond acceptors (Lipinski definition) is 4. The highest BCUT2D eigenvalue weighted by molar-refractivity contribution is 5.92. The number of hydrogen-bond donors (Lipinski definition) is 2. The van der Waals surface area contributed by atoms with Gasteiger partial charge in [-0.15, -0.1) is 6.42 Å². The van der Waals surface area contributed by atoms with Crippen LogP contribution in [-0.2, 0) is 14.3 Å². The van der Waals surface area contributed by atoms with E-state index in [9.17, 15) is 14.4 Å². The zero-order chi connectivity index (χ0) is 24.7. The van der Waals surface area contributed by atoms with Crippen molar-refractivity contribution in [2.45, 2.75) is 85.0 Å². The van der Waals surface area contributed by atoms with Crippen LogP contribution in [-0.4, -0.2) is 46.5 Å². The van der Waals surface area contributed by atoms with Crippen molar-refractivity contribution in [2.75, 3.05) is 6.54 Å². The van der Waals surface area contributed by atoms with Crippen LogP contribution in [0.4, 0.5) is 4.79 Å². The highest BCUT2D eigenvalue weighted by atomic mass is 16.6. The number of nitrogens with one attached hydrogen (secondary N) is 2. The fraction of sp³-hybridized carbons (Fsp3) is 0.560. The maximum atomic E-state index is 13.4. The Hall–Kier alpha value is -3.01. The quantitative estimate of drug-likeness (QED) is 0.628. The van der Waals surface area contributed by atoms with Crippen molar-refractivity contribution in [2.24, 2.45) is 0 Å². The number of benzene rings is 1. The summed E-state index contributed by atoms with van der Waals surface area (Å²) in [5.41, 5.74) is 0.133. The number of amides is 3. The Morgan fingerprint density at radius 1 is 1.09 bits per heavy atom. The number of alkyl carbamates (subject to hydrolysis) is 1. The van der Waals surface area contributed by atoms with Gasteiger partial charge in [0.05, 0.1) is 0 Å². The van der Waals surface area contributed by atoms with Crippen LogP contribution in [0.3, 0.4) is 0 Å². The van der Waals surface area contributed by atoms with E-state index in [-0.39, 0.29) is 11.8 Å². The highest BCUT2D eigenvalue weighted by Gasteiger charge is 2.35. The normalized spacial score (nSPS) is 13.3. The van der Waals surface area contributed by atoms with Crippen LogP contribution in [0.5, 0.6) is 0 Å². The van der Waals surface area contributed by atoms with Crippen LogP contribution >= 0.6 is 0 Å². The lowest BCUT2D eigenvalue weighted by Crippen LogP contribution is -2.54. The summed E-state index contributed by atoms with van der Waals surface area (Å²) in [5, 5.41) is 5.54. The van der Waals surface area contributed by atoms with Crippen molar-refractivity contribution in [3.8, 4) is 12.3 Å². The van der Waals surface area contributed by atoms with E-state index < -0.39 is 29.3 Å². The lowest BCUT2D eigenvalue weighted by Gasteiger charge is -2.35. The molecule has 0 aliphatic rings. The molecule has 2 atom stereocenters. The van der Waals surface area contributed by atoms with Gasteiger partial charge < -0.3 is 20.3 Å². The number of terminal acetylenes is 1. The molecule has 1 aromatic carbocycles. The maximum Gasteiger partial charge on any atom is 0.408 e. The Morgan fingerprint density at radius 3 is 2.09 bits per heavy atom. The number of rotatable bonds is 7. The Balaban J connectivity index is 3.29. The minimum atomic E-state index is -0.883. The molecule has 0 heterocycles. The van der Waals surface area contributed by atoms with Crippen LogP contribution in [0.15, 0.2) is 24.3 Å². The van der Waals surface area contributed by atoms with Crippen LogP contribution in [0.25, 0.3) is 0 Å². The van der Waals surface area contributed by atoms with Crippen molar-refractivity contribution in [3.63, 3.8) is 0 Å². The summed E-state index contributed by atoms with van der Waals surface area (Å²) < 4.78 is 5.26. The molecule has 176 valence electrons. The minimum absolute atomic E-state index is 0.308. The molecule has 32 heavy (non-hydrogen) atoms. The van der Waals surface area contributed by atoms with E-state index in [1.165, 1.54) is 4.90 Å². The van der Waals surface area contributed by atoms with Gasteiger partial charge in [0, 0.05) is 17.6 Å². The van der Waals surface area contributed by atoms with E-state index in [0.717, 1.165) is 0 Å². The van der Waals surface area contributed by atoms with Crippen molar-refractivity contribution in [1.82, 2.24) is 15.5 Å². The van der Waals surface area contributed by atoms with E-state index >= 15 is 0 Å². The van der Waals surface area contributed by atoms with E-state index in [2.05, 4.69) is 16.6 Å². The summed E-state index contributed by atoms with van der Waals surface area (Å²) in [7, 11) is 0. The van der Waals surface area contributed by atoms with Crippen LogP contribution in [0, 0.1) is 12.3 Å². The van der Waals surface area contributed by atoms with Gasteiger partial charge in [-0.1, -0.05) is 25.0 Å². The fourth-order valence-electron chi connectivity index (χ4n) is 3.07. The Kier molecular flexibility index (Phi) is 9.32. The molecular weight excluding hydrogens is 406 g/mol. The first-order valence-electron chi connectivity index (χ1n) is 10.9. The van der Waals surface area contributed by atoms with E-state index in [1.54, 1.807) is 52.0 Å². The molecule has 0 saturated heterocycles. The van der Waals surface area contributed by atoms with E-state index in [4.69, 9.17) is 11.2 Å². The Labute approximate surface area is 192 Å². The molecule has 0 spiro atoms. The summed E-state index contributed by atoms with van der Waals surface area (Å²) in [4.78, 5) is 40.4. The number of carbonyl (C=O) groups excluding carboxylic acids is 3. The molecule has 3 amide bonds.